The highest BCUT2D eigenvalue weighted by atomic mass is 32.2. The van der Waals surface area contributed by atoms with E-state index in [-0.39, 0.29) is 29.7 Å². The Balaban J connectivity index is 1.85. The lowest BCUT2D eigenvalue weighted by Gasteiger charge is -2.36. The molecule has 1 aromatic carbocycles. The molecule has 2 heterocycles. The fourth-order valence-electron chi connectivity index (χ4n) is 3.18. The molecule has 160 valence electrons. The van der Waals surface area contributed by atoms with Gasteiger partial charge in [0, 0.05) is 32.6 Å². The average Bonchev–Trinajstić information content (AvgIpc) is 3.32. The van der Waals surface area contributed by atoms with Crippen molar-refractivity contribution in [3.63, 3.8) is 0 Å². The van der Waals surface area contributed by atoms with Crippen LogP contribution >= 0.6 is 0 Å². The van der Waals surface area contributed by atoms with Gasteiger partial charge in [-0.3, -0.25) is 14.4 Å². The molecular weight excluding hydrogens is 410 g/mol. The van der Waals surface area contributed by atoms with Gasteiger partial charge >= 0.3 is 0 Å². The number of furan rings is 1. The molecule has 0 saturated carbocycles. The van der Waals surface area contributed by atoms with Crippen LogP contribution in [0.4, 0.5) is 0 Å². The van der Waals surface area contributed by atoms with Crippen LogP contribution in [0, 0.1) is 0 Å². The Bertz CT molecular complexity index is 996. The van der Waals surface area contributed by atoms with Crippen molar-refractivity contribution < 1.29 is 27.2 Å². The Morgan fingerprint density at radius 1 is 1.00 bits per heavy atom. The van der Waals surface area contributed by atoms with Crippen LogP contribution in [-0.4, -0.2) is 67.5 Å². The van der Waals surface area contributed by atoms with Gasteiger partial charge in [-0.15, -0.1) is 0 Å². The molecule has 1 saturated heterocycles. The van der Waals surface area contributed by atoms with Gasteiger partial charge in [-0.05, 0) is 24.3 Å². The van der Waals surface area contributed by atoms with Gasteiger partial charge in [0.15, 0.2) is 5.76 Å². The minimum Gasteiger partial charge on any atom is -0.459 e. The number of piperazine rings is 1. The Labute approximate surface area is 174 Å². The van der Waals surface area contributed by atoms with Gasteiger partial charge in [-0.2, -0.15) is 0 Å². The summed E-state index contributed by atoms with van der Waals surface area (Å²) in [5.74, 6) is -1.68. The van der Waals surface area contributed by atoms with Crippen molar-refractivity contribution in [1.82, 2.24) is 15.1 Å². The van der Waals surface area contributed by atoms with E-state index in [4.69, 9.17) is 4.42 Å². The number of carbonyl (C=O) groups excluding carboxylic acids is 3. The molecule has 1 atom stereocenters. The van der Waals surface area contributed by atoms with E-state index in [1.54, 1.807) is 17.9 Å². The number of nitrogens with one attached hydrogen (secondary N) is 1. The van der Waals surface area contributed by atoms with Crippen LogP contribution in [0.2, 0.25) is 0 Å². The van der Waals surface area contributed by atoms with Crippen LogP contribution < -0.4 is 5.32 Å². The molecule has 1 aromatic heterocycles. The predicted octanol–water partition coefficient (Wildman–Crippen LogP) is 0.890. The topological polar surface area (TPSA) is 117 Å². The molecule has 2 aromatic rings. The third-order valence-corrected chi connectivity index (χ3v) is 6.73. The smallest absolute Gasteiger partial charge is 0.288 e. The Hall–Kier alpha value is -3.14. The molecule has 30 heavy (non-hydrogen) atoms. The van der Waals surface area contributed by atoms with Gasteiger partial charge in [-0.25, -0.2) is 8.42 Å². The second kappa shape index (κ2) is 9.12. The second-order valence-corrected chi connectivity index (χ2v) is 8.78. The van der Waals surface area contributed by atoms with Crippen LogP contribution in [0.1, 0.15) is 23.9 Å². The third-order valence-electron chi connectivity index (χ3n) is 4.86. The summed E-state index contributed by atoms with van der Waals surface area (Å²) in [5, 5.41) is 0.494. The van der Waals surface area contributed by atoms with Gasteiger partial charge < -0.3 is 19.5 Å². The van der Waals surface area contributed by atoms with Gasteiger partial charge in [-0.1, -0.05) is 25.1 Å². The number of carbonyl (C=O) groups is 3. The summed E-state index contributed by atoms with van der Waals surface area (Å²) in [6.07, 6.45) is 1.64. The second-order valence-electron chi connectivity index (χ2n) is 6.75. The van der Waals surface area contributed by atoms with Crippen molar-refractivity contribution in [3.05, 3.63) is 54.5 Å². The van der Waals surface area contributed by atoms with Gasteiger partial charge in [0.25, 0.3) is 11.8 Å². The largest absolute Gasteiger partial charge is 0.459 e. The van der Waals surface area contributed by atoms with Gasteiger partial charge in [0.05, 0.1) is 11.2 Å². The summed E-state index contributed by atoms with van der Waals surface area (Å²) >= 11 is 0. The monoisotopic (exact) mass is 433 g/mol. The van der Waals surface area contributed by atoms with E-state index in [2.05, 4.69) is 5.32 Å². The van der Waals surface area contributed by atoms with E-state index < -0.39 is 27.0 Å². The molecule has 3 amide bonds. The standard InChI is InChI=1S/C20H23N3O6S/c1-2-17(24)22-10-12-23(13-11-22)20(26)19(21-18(25)16-9-6-14-29-16)30(27,28)15-7-4-3-5-8-15/h3-9,14,19H,2,10-13H2,1H3,(H,21,25)/t19-/m1/s1. The average molecular weight is 433 g/mol. The summed E-state index contributed by atoms with van der Waals surface area (Å²) in [6, 6.07) is 10.3. The number of amides is 3. The number of nitrogens with zero attached hydrogens (tertiary/aromatic N) is 2. The molecule has 1 aliphatic rings. The van der Waals surface area contributed by atoms with Crippen molar-refractivity contribution in [2.45, 2.75) is 23.6 Å². The summed E-state index contributed by atoms with van der Waals surface area (Å²) < 4.78 is 31.4. The first-order chi connectivity index (χ1) is 14.3. The number of benzene rings is 1. The zero-order valence-electron chi connectivity index (χ0n) is 16.5. The molecule has 10 heteroatoms. The first kappa shape index (κ1) is 21.6. The summed E-state index contributed by atoms with van der Waals surface area (Å²) in [7, 11) is -4.22. The van der Waals surface area contributed by atoms with E-state index >= 15 is 0 Å². The maximum absolute atomic E-state index is 13.2. The van der Waals surface area contributed by atoms with E-state index in [1.165, 1.54) is 47.6 Å². The lowest BCUT2D eigenvalue weighted by molar-refractivity contribution is -0.139. The van der Waals surface area contributed by atoms with Crippen LogP contribution in [0.25, 0.3) is 0 Å². The molecule has 0 radical (unpaired) electrons. The van der Waals surface area contributed by atoms with Crippen molar-refractivity contribution in [2.24, 2.45) is 0 Å². The minimum atomic E-state index is -4.22. The highest BCUT2D eigenvalue weighted by Gasteiger charge is 2.39. The highest BCUT2D eigenvalue weighted by Crippen LogP contribution is 2.18. The van der Waals surface area contributed by atoms with Gasteiger partial charge in [0.1, 0.15) is 0 Å². The zero-order valence-corrected chi connectivity index (χ0v) is 17.3. The summed E-state index contributed by atoms with van der Waals surface area (Å²) in [6.45, 7) is 2.74. The maximum atomic E-state index is 13.2. The molecular formula is C20H23N3O6S. The Morgan fingerprint density at radius 2 is 1.63 bits per heavy atom. The van der Waals surface area contributed by atoms with E-state index in [1.807, 2.05) is 0 Å². The lowest BCUT2D eigenvalue weighted by Crippen LogP contribution is -2.57. The fraction of sp³-hybridized carbons (Fsp3) is 0.350. The van der Waals surface area contributed by atoms with Crippen molar-refractivity contribution in [1.29, 1.82) is 0 Å². The third kappa shape index (κ3) is 4.54. The molecule has 0 bridgehead atoms. The lowest BCUT2D eigenvalue weighted by atomic mass is 10.2. The SMILES string of the molecule is CCC(=O)N1CCN(C(=O)[C@H](NC(=O)c2ccco2)S(=O)(=O)c2ccccc2)CC1. The normalized spacial score (nSPS) is 15.5. The maximum Gasteiger partial charge on any atom is 0.288 e. The van der Waals surface area contributed by atoms with Crippen LogP contribution in [0.15, 0.2) is 58.0 Å². The van der Waals surface area contributed by atoms with Crippen molar-refractivity contribution in [2.75, 3.05) is 26.2 Å². The quantitative estimate of drug-likeness (QED) is 0.723. The van der Waals surface area contributed by atoms with Crippen LogP contribution in [-0.2, 0) is 19.4 Å². The first-order valence-corrected chi connectivity index (χ1v) is 11.1. The van der Waals surface area contributed by atoms with Crippen LogP contribution in [0.5, 0.6) is 0 Å². The summed E-state index contributed by atoms with van der Waals surface area (Å²) in [4.78, 5) is 40.4. The number of sulfone groups is 1. The molecule has 1 N–H and O–H groups in total. The fourth-order valence-corrected chi connectivity index (χ4v) is 4.67. The highest BCUT2D eigenvalue weighted by molar-refractivity contribution is 7.92. The zero-order chi connectivity index (χ0) is 21.7. The number of hydrogen-bond donors (Lipinski definition) is 1. The number of rotatable bonds is 6. The van der Waals surface area contributed by atoms with Crippen molar-refractivity contribution in [3.8, 4) is 0 Å². The molecule has 0 aliphatic carbocycles. The van der Waals surface area contributed by atoms with Crippen LogP contribution in [0.3, 0.4) is 0 Å². The molecule has 9 nitrogen and oxygen atoms in total. The number of hydrogen-bond acceptors (Lipinski definition) is 6. The van der Waals surface area contributed by atoms with E-state index in [0.717, 1.165) is 0 Å². The molecule has 1 aliphatic heterocycles. The van der Waals surface area contributed by atoms with E-state index in [9.17, 15) is 22.8 Å². The predicted molar refractivity (Wildman–Crippen MR) is 107 cm³/mol. The van der Waals surface area contributed by atoms with Crippen molar-refractivity contribution >= 4 is 27.6 Å². The first-order valence-electron chi connectivity index (χ1n) is 9.54. The Kier molecular flexibility index (Phi) is 6.56. The van der Waals surface area contributed by atoms with E-state index in [0.29, 0.717) is 19.5 Å². The molecule has 0 unspecified atom stereocenters. The molecule has 3 rings (SSSR count). The molecule has 0 spiro atoms. The van der Waals surface area contributed by atoms with Gasteiger partial charge in [0.2, 0.25) is 21.1 Å². The minimum absolute atomic E-state index is 0.0262. The Morgan fingerprint density at radius 3 is 2.20 bits per heavy atom. The molecule has 1 fully saturated rings. The summed E-state index contributed by atoms with van der Waals surface area (Å²) in [5.41, 5.74) is 0.